The largest absolute Gasteiger partial charge is 0.338 e. The van der Waals surface area contributed by atoms with Gasteiger partial charge >= 0.3 is 0 Å². The number of likely N-dealkylation sites (N-methyl/N-ethyl adjacent to an activating group) is 1. The van der Waals surface area contributed by atoms with Gasteiger partial charge in [0.05, 0.1) is 10.0 Å². The first-order valence-electron chi connectivity index (χ1n) is 4.86. The molecular formula is C12H13Cl2NO. The van der Waals surface area contributed by atoms with E-state index in [0.29, 0.717) is 16.6 Å². The van der Waals surface area contributed by atoms with Gasteiger partial charge in [0.1, 0.15) is 0 Å². The molecule has 2 nitrogen and oxygen atoms in total. The van der Waals surface area contributed by atoms with Gasteiger partial charge in [-0.05, 0) is 30.7 Å². The van der Waals surface area contributed by atoms with Gasteiger partial charge in [-0.25, -0.2) is 0 Å². The Bertz CT molecular complexity index is 415. The Balaban J connectivity index is 2.73. The van der Waals surface area contributed by atoms with Gasteiger partial charge in [0.15, 0.2) is 0 Å². The molecule has 0 radical (unpaired) electrons. The minimum Gasteiger partial charge on any atom is -0.338 e. The van der Waals surface area contributed by atoms with Crippen molar-refractivity contribution in [3.8, 4) is 0 Å². The molecule has 0 aromatic heterocycles. The Hall–Kier alpha value is -0.990. The molecule has 0 saturated heterocycles. The summed E-state index contributed by atoms with van der Waals surface area (Å²) in [7, 11) is 1.74. The highest BCUT2D eigenvalue weighted by molar-refractivity contribution is 6.42. The van der Waals surface area contributed by atoms with Gasteiger partial charge in [0, 0.05) is 13.6 Å². The Kier molecular flexibility index (Phi) is 4.84. The molecule has 0 saturated carbocycles. The van der Waals surface area contributed by atoms with Crippen LogP contribution in [0.5, 0.6) is 0 Å². The van der Waals surface area contributed by atoms with Crippen molar-refractivity contribution in [1.82, 2.24) is 4.90 Å². The second-order valence-corrected chi connectivity index (χ2v) is 4.26. The van der Waals surface area contributed by atoms with Crippen LogP contribution in [0.3, 0.4) is 0 Å². The van der Waals surface area contributed by atoms with Crippen LogP contribution in [0.1, 0.15) is 12.5 Å². The molecular weight excluding hydrogens is 245 g/mol. The molecule has 0 fully saturated rings. The molecule has 0 heterocycles. The smallest absolute Gasteiger partial charge is 0.246 e. The molecule has 1 amide bonds. The lowest BCUT2D eigenvalue weighted by Gasteiger charge is -2.15. The maximum atomic E-state index is 11.5. The molecule has 16 heavy (non-hydrogen) atoms. The van der Waals surface area contributed by atoms with E-state index in [1.165, 1.54) is 6.08 Å². The van der Waals surface area contributed by atoms with E-state index >= 15 is 0 Å². The van der Waals surface area contributed by atoms with Crippen molar-refractivity contribution in [2.75, 3.05) is 7.05 Å². The number of nitrogens with zero attached hydrogens (tertiary/aromatic N) is 1. The van der Waals surface area contributed by atoms with Gasteiger partial charge in [-0.3, -0.25) is 4.79 Å². The van der Waals surface area contributed by atoms with Gasteiger partial charge in [0.25, 0.3) is 0 Å². The lowest BCUT2D eigenvalue weighted by Crippen LogP contribution is -2.24. The van der Waals surface area contributed by atoms with Crippen LogP contribution in [0.4, 0.5) is 0 Å². The molecule has 0 atom stereocenters. The van der Waals surface area contributed by atoms with Crippen LogP contribution in [-0.2, 0) is 11.3 Å². The summed E-state index contributed by atoms with van der Waals surface area (Å²) in [6, 6.07) is 5.35. The van der Waals surface area contributed by atoms with E-state index in [-0.39, 0.29) is 5.91 Å². The van der Waals surface area contributed by atoms with E-state index in [9.17, 15) is 4.79 Å². The maximum absolute atomic E-state index is 11.5. The van der Waals surface area contributed by atoms with E-state index in [4.69, 9.17) is 23.2 Å². The molecule has 1 aromatic carbocycles. The molecule has 0 spiro atoms. The zero-order valence-electron chi connectivity index (χ0n) is 9.21. The molecule has 4 heteroatoms. The van der Waals surface area contributed by atoms with Crippen LogP contribution in [0.15, 0.2) is 30.4 Å². The molecule has 0 aliphatic carbocycles. The Morgan fingerprint density at radius 1 is 1.38 bits per heavy atom. The molecule has 0 aliphatic rings. The molecule has 0 aliphatic heterocycles. The summed E-state index contributed by atoms with van der Waals surface area (Å²) in [6.45, 7) is 2.32. The second-order valence-electron chi connectivity index (χ2n) is 3.44. The van der Waals surface area contributed by atoms with E-state index < -0.39 is 0 Å². The predicted octanol–water partition coefficient (Wildman–Crippen LogP) is 3.53. The summed E-state index contributed by atoms with van der Waals surface area (Å²) >= 11 is 11.7. The van der Waals surface area contributed by atoms with Crippen LogP contribution in [0.25, 0.3) is 0 Å². The summed E-state index contributed by atoms with van der Waals surface area (Å²) in [5.41, 5.74) is 0.953. The number of allylic oxidation sites excluding steroid dienone is 1. The number of carbonyl (C=O) groups excluding carboxylic acids is 1. The van der Waals surface area contributed by atoms with Crippen LogP contribution in [-0.4, -0.2) is 17.9 Å². The number of hydrogen-bond acceptors (Lipinski definition) is 1. The first-order chi connectivity index (χ1) is 7.54. The Labute approximate surface area is 105 Å². The molecule has 0 N–H and O–H groups in total. The Morgan fingerprint density at radius 2 is 2.06 bits per heavy atom. The standard InChI is InChI=1S/C12H13Cl2NO/c1-3-4-12(16)15(2)8-9-5-6-10(13)11(14)7-9/h3-7H,8H2,1-2H3. The van der Waals surface area contributed by atoms with Crippen molar-refractivity contribution < 1.29 is 4.79 Å². The van der Waals surface area contributed by atoms with Crippen LogP contribution in [0.2, 0.25) is 10.0 Å². The van der Waals surface area contributed by atoms with Crippen LogP contribution in [0, 0.1) is 0 Å². The predicted molar refractivity (Wildman–Crippen MR) is 67.8 cm³/mol. The van der Waals surface area contributed by atoms with Crippen molar-refractivity contribution in [3.05, 3.63) is 46.0 Å². The minimum atomic E-state index is -0.0337. The lowest BCUT2D eigenvalue weighted by molar-refractivity contribution is -0.125. The first-order valence-corrected chi connectivity index (χ1v) is 5.62. The van der Waals surface area contributed by atoms with E-state index in [0.717, 1.165) is 5.56 Å². The zero-order valence-corrected chi connectivity index (χ0v) is 10.7. The van der Waals surface area contributed by atoms with E-state index in [1.54, 1.807) is 30.2 Å². The van der Waals surface area contributed by atoms with E-state index in [2.05, 4.69) is 0 Å². The highest BCUT2D eigenvalue weighted by atomic mass is 35.5. The highest BCUT2D eigenvalue weighted by Crippen LogP contribution is 2.23. The van der Waals surface area contributed by atoms with Gasteiger partial charge in [-0.1, -0.05) is 35.3 Å². The molecule has 1 rings (SSSR count). The van der Waals surface area contributed by atoms with Gasteiger partial charge in [0.2, 0.25) is 5.91 Å². The third kappa shape index (κ3) is 3.54. The number of amides is 1. The number of hydrogen-bond donors (Lipinski definition) is 0. The number of carbonyl (C=O) groups is 1. The average Bonchev–Trinajstić information content (AvgIpc) is 2.24. The van der Waals surface area contributed by atoms with Crippen molar-refractivity contribution in [2.24, 2.45) is 0 Å². The van der Waals surface area contributed by atoms with Crippen molar-refractivity contribution in [2.45, 2.75) is 13.5 Å². The monoisotopic (exact) mass is 257 g/mol. The second kappa shape index (κ2) is 5.92. The SMILES string of the molecule is CC=CC(=O)N(C)Cc1ccc(Cl)c(Cl)c1. The molecule has 1 aromatic rings. The fourth-order valence-electron chi connectivity index (χ4n) is 1.26. The van der Waals surface area contributed by atoms with Gasteiger partial charge < -0.3 is 4.90 Å². The quantitative estimate of drug-likeness (QED) is 0.759. The van der Waals surface area contributed by atoms with Crippen molar-refractivity contribution >= 4 is 29.1 Å². The third-order valence-corrected chi connectivity index (χ3v) is 2.83. The van der Waals surface area contributed by atoms with Crippen molar-refractivity contribution in [1.29, 1.82) is 0 Å². The highest BCUT2D eigenvalue weighted by Gasteiger charge is 2.06. The third-order valence-electron chi connectivity index (χ3n) is 2.09. The fraction of sp³-hybridized carbons (Fsp3) is 0.250. The van der Waals surface area contributed by atoms with E-state index in [1.807, 2.05) is 13.0 Å². The lowest BCUT2D eigenvalue weighted by atomic mass is 10.2. The van der Waals surface area contributed by atoms with Gasteiger partial charge in [-0.15, -0.1) is 0 Å². The Morgan fingerprint density at radius 3 is 2.62 bits per heavy atom. The summed E-state index contributed by atoms with van der Waals surface area (Å²) in [5.74, 6) is -0.0337. The fourth-order valence-corrected chi connectivity index (χ4v) is 1.58. The van der Waals surface area contributed by atoms with Gasteiger partial charge in [-0.2, -0.15) is 0 Å². The van der Waals surface area contributed by atoms with Crippen LogP contribution < -0.4 is 0 Å². The molecule has 0 bridgehead atoms. The summed E-state index contributed by atoms with van der Waals surface area (Å²) < 4.78 is 0. The number of halogens is 2. The average molecular weight is 258 g/mol. The number of benzene rings is 1. The number of rotatable bonds is 3. The summed E-state index contributed by atoms with van der Waals surface area (Å²) in [6.07, 6.45) is 3.24. The van der Waals surface area contributed by atoms with Crippen LogP contribution >= 0.6 is 23.2 Å². The van der Waals surface area contributed by atoms with Crippen molar-refractivity contribution in [3.63, 3.8) is 0 Å². The molecule has 0 unspecified atom stereocenters. The normalized spacial score (nSPS) is 10.8. The summed E-state index contributed by atoms with van der Waals surface area (Å²) in [5, 5.41) is 1.03. The minimum absolute atomic E-state index is 0.0337. The first kappa shape index (κ1) is 13.1. The molecule has 86 valence electrons. The maximum Gasteiger partial charge on any atom is 0.246 e. The topological polar surface area (TPSA) is 20.3 Å². The zero-order chi connectivity index (χ0) is 12.1. The summed E-state index contributed by atoms with van der Waals surface area (Å²) in [4.78, 5) is 13.1.